The lowest BCUT2D eigenvalue weighted by Gasteiger charge is -2.12. The van der Waals surface area contributed by atoms with Crippen molar-refractivity contribution in [1.29, 1.82) is 0 Å². The fraction of sp³-hybridized carbons (Fsp3) is 0.100. The highest BCUT2D eigenvalue weighted by atomic mass is 16.5. The molecule has 0 aliphatic carbocycles. The van der Waals surface area contributed by atoms with Crippen molar-refractivity contribution in [2.45, 2.75) is 0 Å². The van der Waals surface area contributed by atoms with E-state index in [1.54, 1.807) is 20.4 Å². The van der Waals surface area contributed by atoms with E-state index in [0.717, 1.165) is 22.6 Å². The first-order chi connectivity index (χ1) is 13.2. The van der Waals surface area contributed by atoms with Crippen LogP contribution in [0.5, 0.6) is 11.5 Å². The van der Waals surface area contributed by atoms with E-state index in [2.05, 4.69) is 10.3 Å². The number of fused-ring (bicyclic) bond motifs is 1. The van der Waals surface area contributed by atoms with Crippen molar-refractivity contribution in [3.8, 4) is 22.8 Å². The Bertz CT molecular complexity index is 1110. The van der Waals surface area contributed by atoms with Crippen molar-refractivity contribution in [2.75, 3.05) is 25.3 Å². The summed E-state index contributed by atoms with van der Waals surface area (Å²) >= 11 is 0. The second-order valence-corrected chi connectivity index (χ2v) is 5.94. The number of rotatable bonds is 5. The highest BCUT2D eigenvalue weighted by Crippen LogP contribution is 2.32. The molecule has 0 aliphatic rings. The van der Waals surface area contributed by atoms with E-state index in [1.165, 1.54) is 0 Å². The summed E-state index contributed by atoms with van der Waals surface area (Å²) in [6, 6.07) is 15.1. The minimum absolute atomic E-state index is 0.639. The van der Waals surface area contributed by atoms with Gasteiger partial charge in [0.25, 0.3) is 0 Å². The Kier molecular flexibility index (Phi) is 4.25. The molecule has 0 aliphatic heterocycles. The first kappa shape index (κ1) is 16.7. The molecule has 7 nitrogen and oxygen atoms in total. The zero-order valence-corrected chi connectivity index (χ0v) is 15.0. The van der Waals surface area contributed by atoms with Crippen LogP contribution in [0.1, 0.15) is 0 Å². The number of nitrogens with one attached hydrogen (secondary N) is 1. The van der Waals surface area contributed by atoms with Gasteiger partial charge in [0.15, 0.2) is 11.5 Å². The quantitative estimate of drug-likeness (QED) is 0.527. The van der Waals surface area contributed by atoms with E-state index in [-0.39, 0.29) is 0 Å². The van der Waals surface area contributed by atoms with Crippen LogP contribution in [0.25, 0.3) is 16.9 Å². The van der Waals surface area contributed by atoms with E-state index >= 15 is 0 Å². The molecule has 3 N–H and O–H groups in total. The van der Waals surface area contributed by atoms with Gasteiger partial charge in [-0.2, -0.15) is 0 Å². The molecule has 0 saturated carbocycles. The van der Waals surface area contributed by atoms with Crippen molar-refractivity contribution in [3.63, 3.8) is 0 Å². The number of hydrogen-bond donors (Lipinski definition) is 2. The van der Waals surface area contributed by atoms with Gasteiger partial charge in [-0.3, -0.25) is 4.40 Å². The number of hydrogen-bond acceptors (Lipinski definition) is 6. The Morgan fingerprint density at radius 1 is 1.00 bits per heavy atom. The first-order valence-electron chi connectivity index (χ1n) is 8.37. The molecular weight excluding hydrogens is 342 g/mol. The summed E-state index contributed by atoms with van der Waals surface area (Å²) in [4.78, 5) is 9.18. The van der Waals surface area contributed by atoms with Crippen LogP contribution in [0.15, 0.2) is 60.9 Å². The van der Waals surface area contributed by atoms with Crippen LogP contribution in [-0.4, -0.2) is 28.6 Å². The van der Waals surface area contributed by atoms with E-state index < -0.39 is 0 Å². The monoisotopic (exact) mass is 361 g/mol. The molecule has 0 radical (unpaired) electrons. The lowest BCUT2D eigenvalue weighted by atomic mass is 10.1. The maximum Gasteiger partial charge on any atom is 0.213 e. The summed E-state index contributed by atoms with van der Waals surface area (Å²) in [7, 11) is 3.22. The van der Waals surface area contributed by atoms with Crippen LogP contribution < -0.4 is 20.5 Å². The molecule has 0 amide bonds. The Morgan fingerprint density at radius 2 is 1.85 bits per heavy atom. The van der Waals surface area contributed by atoms with Gasteiger partial charge in [-0.05, 0) is 36.4 Å². The third-order valence-electron chi connectivity index (χ3n) is 4.21. The van der Waals surface area contributed by atoms with E-state index in [1.807, 2.05) is 59.1 Å². The molecule has 27 heavy (non-hydrogen) atoms. The molecule has 0 atom stereocenters. The van der Waals surface area contributed by atoms with Gasteiger partial charge in [-0.1, -0.05) is 6.07 Å². The van der Waals surface area contributed by atoms with Gasteiger partial charge in [-0.15, -0.1) is 0 Å². The van der Waals surface area contributed by atoms with Crippen molar-refractivity contribution in [3.05, 3.63) is 60.9 Å². The number of nitrogens with zero attached hydrogens (tertiary/aromatic N) is 3. The molecule has 2 heterocycles. The Morgan fingerprint density at radius 3 is 2.63 bits per heavy atom. The van der Waals surface area contributed by atoms with Crippen LogP contribution in [-0.2, 0) is 0 Å². The molecule has 0 spiro atoms. The lowest BCUT2D eigenvalue weighted by molar-refractivity contribution is 0.355. The second kappa shape index (κ2) is 6.87. The van der Waals surface area contributed by atoms with Crippen LogP contribution in [0.3, 0.4) is 0 Å². The summed E-state index contributed by atoms with van der Waals surface area (Å²) < 4.78 is 12.6. The molecule has 0 fully saturated rings. The van der Waals surface area contributed by atoms with Gasteiger partial charge in [0.1, 0.15) is 5.65 Å². The molecule has 0 unspecified atom stereocenters. The van der Waals surface area contributed by atoms with E-state index in [0.29, 0.717) is 23.1 Å². The fourth-order valence-corrected chi connectivity index (χ4v) is 2.90. The number of imidazole rings is 1. The number of nitrogens with two attached hydrogens (primary N) is 1. The van der Waals surface area contributed by atoms with E-state index in [9.17, 15) is 0 Å². The largest absolute Gasteiger partial charge is 0.493 e. The normalized spacial score (nSPS) is 10.7. The number of aromatic nitrogens is 3. The maximum absolute atomic E-state index is 5.88. The summed E-state index contributed by atoms with van der Waals surface area (Å²) in [5, 5.41) is 3.31. The maximum atomic E-state index is 5.88. The van der Waals surface area contributed by atoms with Crippen LogP contribution in [0.4, 0.5) is 17.3 Å². The van der Waals surface area contributed by atoms with Crippen molar-refractivity contribution < 1.29 is 9.47 Å². The smallest absolute Gasteiger partial charge is 0.213 e. The number of methoxy groups -OCH3 is 2. The summed E-state index contributed by atoms with van der Waals surface area (Å²) in [5.41, 5.74) is 9.85. The predicted molar refractivity (Wildman–Crippen MR) is 106 cm³/mol. The zero-order valence-electron chi connectivity index (χ0n) is 15.0. The topological polar surface area (TPSA) is 86.7 Å². The van der Waals surface area contributed by atoms with Crippen molar-refractivity contribution in [1.82, 2.24) is 14.4 Å². The van der Waals surface area contributed by atoms with Gasteiger partial charge >= 0.3 is 0 Å². The van der Waals surface area contributed by atoms with Crippen LogP contribution in [0, 0.1) is 0 Å². The lowest BCUT2D eigenvalue weighted by Crippen LogP contribution is -2.03. The van der Waals surface area contributed by atoms with Crippen molar-refractivity contribution in [2.24, 2.45) is 0 Å². The van der Waals surface area contributed by atoms with Gasteiger partial charge in [0, 0.05) is 35.4 Å². The molecule has 2 aromatic heterocycles. The summed E-state index contributed by atoms with van der Waals surface area (Å²) in [6.45, 7) is 0. The first-order valence-corrected chi connectivity index (χ1v) is 8.37. The molecule has 2 aromatic carbocycles. The Balaban J connectivity index is 1.81. The molecule has 4 rings (SSSR count). The van der Waals surface area contributed by atoms with Crippen LogP contribution >= 0.6 is 0 Å². The average Bonchev–Trinajstić information content (AvgIpc) is 3.16. The minimum Gasteiger partial charge on any atom is -0.493 e. The molecule has 0 saturated heterocycles. The second-order valence-electron chi connectivity index (χ2n) is 5.94. The molecule has 4 aromatic rings. The summed E-state index contributed by atoms with van der Waals surface area (Å²) in [5.74, 6) is 1.95. The molecular formula is C20H19N5O2. The van der Waals surface area contributed by atoms with E-state index in [4.69, 9.17) is 20.2 Å². The Hall–Kier alpha value is -3.74. The highest BCUT2D eigenvalue weighted by molar-refractivity contribution is 5.70. The summed E-state index contributed by atoms with van der Waals surface area (Å²) in [6.07, 6.45) is 3.59. The highest BCUT2D eigenvalue weighted by Gasteiger charge is 2.12. The molecule has 136 valence electrons. The predicted octanol–water partition coefficient (Wildman–Crippen LogP) is 3.74. The van der Waals surface area contributed by atoms with Gasteiger partial charge in [0.2, 0.25) is 5.95 Å². The van der Waals surface area contributed by atoms with Crippen molar-refractivity contribution >= 4 is 23.0 Å². The van der Waals surface area contributed by atoms with Crippen LogP contribution in [0.2, 0.25) is 0 Å². The standard InChI is InChI=1S/C20H19N5O2/c1-26-17-7-6-13(10-18(17)27-2)16-12-19-22-8-9-25(19)20(24-16)23-15-5-3-4-14(21)11-15/h3-12H,21H2,1-2H3,(H,23,24). The number of anilines is 3. The minimum atomic E-state index is 0.639. The fourth-order valence-electron chi connectivity index (χ4n) is 2.90. The average molecular weight is 361 g/mol. The number of ether oxygens (including phenoxy) is 2. The third-order valence-corrected chi connectivity index (χ3v) is 4.21. The number of nitrogen functional groups attached to an aromatic ring is 1. The molecule has 7 heteroatoms. The van der Waals surface area contributed by atoms with Gasteiger partial charge in [-0.25, -0.2) is 9.97 Å². The SMILES string of the molecule is COc1ccc(-c2cc3nccn3c(Nc3cccc(N)c3)n2)cc1OC. The zero-order chi connectivity index (χ0) is 18.8. The van der Waals surface area contributed by atoms with Gasteiger partial charge < -0.3 is 20.5 Å². The third kappa shape index (κ3) is 3.22. The molecule has 0 bridgehead atoms. The Labute approximate surface area is 156 Å². The number of benzene rings is 2. The van der Waals surface area contributed by atoms with Gasteiger partial charge in [0.05, 0.1) is 19.9 Å².